The van der Waals surface area contributed by atoms with Gasteiger partial charge in [0.05, 0.1) is 11.0 Å². The smallest absolute Gasteiger partial charge is 0.257 e. The molecule has 1 atom stereocenters. The van der Waals surface area contributed by atoms with Crippen LogP contribution in [0.2, 0.25) is 0 Å². The first-order chi connectivity index (χ1) is 10.5. The Morgan fingerprint density at radius 2 is 1.32 bits per heavy atom. The summed E-state index contributed by atoms with van der Waals surface area (Å²) in [6, 6.07) is 11.1. The third kappa shape index (κ3) is 2.82. The fourth-order valence-corrected chi connectivity index (χ4v) is 3.22. The fourth-order valence-electron chi connectivity index (χ4n) is 2.52. The minimum atomic E-state index is -2.68. The van der Waals surface area contributed by atoms with Crippen molar-refractivity contribution in [1.82, 2.24) is 4.57 Å². The number of hydrogen-bond acceptors (Lipinski definition) is 0. The number of allylic oxidation sites excluding steroid dienone is 2. The first kappa shape index (κ1) is 15.6. The van der Waals surface area contributed by atoms with Gasteiger partial charge in [-0.15, -0.1) is 0 Å². The topological polar surface area (TPSA) is 4.93 Å². The van der Waals surface area contributed by atoms with Crippen LogP contribution in [0.5, 0.6) is 0 Å². The van der Waals surface area contributed by atoms with Crippen LogP contribution in [0.3, 0.4) is 0 Å². The van der Waals surface area contributed by atoms with Crippen molar-refractivity contribution >= 4 is 53.7 Å². The molecule has 0 aliphatic heterocycles. The van der Waals surface area contributed by atoms with E-state index in [4.69, 9.17) is 0 Å². The standard InChI is InChI=1S/C16H10Br2F3N/c17-9-1-3-11-12-4-2-10(18)8-14(12)22(13(11)7-9)16(21)6-5-15(19)20/h1-8,15-16H. The highest BCUT2D eigenvalue weighted by Crippen LogP contribution is 2.35. The molecular weight excluding hydrogens is 423 g/mol. The zero-order chi connectivity index (χ0) is 15.9. The number of aromatic nitrogens is 1. The Morgan fingerprint density at radius 3 is 1.77 bits per heavy atom. The van der Waals surface area contributed by atoms with E-state index >= 15 is 0 Å². The first-order valence-electron chi connectivity index (χ1n) is 6.46. The first-order valence-corrected chi connectivity index (χ1v) is 8.05. The van der Waals surface area contributed by atoms with Crippen LogP contribution in [-0.2, 0) is 0 Å². The molecule has 1 unspecified atom stereocenters. The number of benzene rings is 2. The van der Waals surface area contributed by atoms with Gasteiger partial charge in [0.2, 0.25) is 0 Å². The van der Waals surface area contributed by atoms with Crippen molar-refractivity contribution < 1.29 is 13.2 Å². The predicted octanol–water partition coefficient (Wildman–Crippen LogP) is 6.61. The molecule has 1 nitrogen and oxygen atoms in total. The summed E-state index contributed by atoms with van der Waals surface area (Å²) < 4.78 is 42.2. The lowest BCUT2D eigenvalue weighted by Gasteiger charge is -2.10. The Hall–Kier alpha value is -1.27. The average molecular weight is 433 g/mol. The van der Waals surface area contributed by atoms with Crippen molar-refractivity contribution in [3.63, 3.8) is 0 Å². The number of alkyl halides is 3. The fraction of sp³-hybridized carbons (Fsp3) is 0.125. The van der Waals surface area contributed by atoms with Crippen molar-refractivity contribution in [1.29, 1.82) is 0 Å². The van der Waals surface area contributed by atoms with Gasteiger partial charge in [0, 0.05) is 19.7 Å². The number of fused-ring (bicyclic) bond motifs is 3. The maximum Gasteiger partial charge on any atom is 0.257 e. The van der Waals surface area contributed by atoms with Crippen LogP contribution in [0.4, 0.5) is 13.2 Å². The molecule has 1 aromatic heterocycles. The summed E-state index contributed by atoms with van der Waals surface area (Å²) in [6.45, 7) is 0. The molecule has 3 aromatic rings. The summed E-state index contributed by atoms with van der Waals surface area (Å²) in [6.07, 6.45) is -2.90. The van der Waals surface area contributed by atoms with Crippen LogP contribution < -0.4 is 0 Å². The van der Waals surface area contributed by atoms with Gasteiger partial charge in [-0.25, -0.2) is 13.2 Å². The summed E-state index contributed by atoms with van der Waals surface area (Å²) in [7, 11) is 0. The Kier molecular flexibility index (Phi) is 4.32. The van der Waals surface area contributed by atoms with Crippen molar-refractivity contribution in [3.05, 3.63) is 57.5 Å². The molecule has 114 valence electrons. The third-order valence-electron chi connectivity index (χ3n) is 3.39. The van der Waals surface area contributed by atoms with Gasteiger partial charge in [-0.2, -0.15) is 0 Å². The second-order valence-corrected chi connectivity index (χ2v) is 6.62. The minimum Gasteiger partial charge on any atom is -0.306 e. The maximum atomic E-state index is 14.6. The van der Waals surface area contributed by atoms with Crippen LogP contribution in [0, 0.1) is 0 Å². The lowest BCUT2D eigenvalue weighted by Crippen LogP contribution is -2.01. The predicted molar refractivity (Wildman–Crippen MR) is 90.1 cm³/mol. The molecule has 0 aliphatic carbocycles. The number of rotatable bonds is 3. The molecule has 2 aromatic carbocycles. The lowest BCUT2D eigenvalue weighted by molar-refractivity contribution is 0.201. The second-order valence-electron chi connectivity index (χ2n) is 4.78. The van der Waals surface area contributed by atoms with E-state index in [2.05, 4.69) is 31.9 Å². The van der Waals surface area contributed by atoms with Gasteiger partial charge in [-0.3, -0.25) is 0 Å². The Morgan fingerprint density at radius 1 is 0.818 bits per heavy atom. The van der Waals surface area contributed by atoms with Crippen LogP contribution >= 0.6 is 31.9 Å². The molecule has 0 saturated heterocycles. The molecule has 0 N–H and O–H groups in total. The average Bonchev–Trinajstić information content (AvgIpc) is 2.77. The van der Waals surface area contributed by atoms with Gasteiger partial charge in [0.15, 0.2) is 6.30 Å². The van der Waals surface area contributed by atoms with Gasteiger partial charge < -0.3 is 4.57 Å². The van der Waals surface area contributed by atoms with Gasteiger partial charge >= 0.3 is 0 Å². The molecule has 0 amide bonds. The minimum absolute atomic E-state index is 0.568. The van der Waals surface area contributed by atoms with Gasteiger partial charge in [-0.1, -0.05) is 44.0 Å². The van der Waals surface area contributed by atoms with Crippen LogP contribution in [0.1, 0.15) is 6.30 Å². The molecule has 1 heterocycles. The summed E-state index contributed by atoms with van der Waals surface area (Å²) in [4.78, 5) is 0. The molecule has 0 spiro atoms. The van der Waals surface area contributed by atoms with E-state index in [0.29, 0.717) is 17.1 Å². The molecule has 6 heteroatoms. The van der Waals surface area contributed by atoms with E-state index in [-0.39, 0.29) is 0 Å². The highest BCUT2D eigenvalue weighted by atomic mass is 79.9. The number of nitrogens with zero attached hydrogens (tertiary/aromatic N) is 1. The number of hydrogen-bond donors (Lipinski definition) is 0. The number of halogens is 5. The second kappa shape index (κ2) is 6.08. The molecule has 0 fully saturated rings. The zero-order valence-electron chi connectivity index (χ0n) is 11.1. The van der Waals surface area contributed by atoms with E-state index in [0.717, 1.165) is 25.8 Å². The Balaban J connectivity index is 2.32. The molecule has 3 rings (SSSR count). The molecule has 0 saturated carbocycles. The van der Waals surface area contributed by atoms with Gasteiger partial charge in [0.25, 0.3) is 6.43 Å². The molecule has 22 heavy (non-hydrogen) atoms. The molecule has 0 aliphatic rings. The van der Waals surface area contributed by atoms with Crippen molar-refractivity contribution in [2.75, 3.05) is 0 Å². The van der Waals surface area contributed by atoms with Crippen LogP contribution in [-0.4, -0.2) is 11.0 Å². The van der Waals surface area contributed by atoms with E-state index in [1.165, 1.54) is 4.57 Å². The van der Waals surface area contributed by atoms with E-state index in [9.17, 15) is 13.2 Å². The summed E-state index contributed by atoms with van der Waals surface area (Å²) in [5, 5.41) is 1.75. The van der Waals surface area contributed by atoms with E-state index in [1.807, 2.05) is 24.3 Å². The highest BCUT2D eigenvalue weighted by molar-refractivity contribution is 9.10. The molecule has 0 bridgehead atoms. The maximum absolute atomic E-state index is 14.6. The van der Waals surface area contributed by atoms with E-state index in [1.54, 1.807) is 12.1 Å². The van der Waals surface area contributed by atoms with Crippen LogP contribution in [0.25, 0.3) is 21.8 Å². The van der Waals surface area contributed by atoms with Crippen molar-refractivity contribution in [3.8, 4) is 0 Å². The highest BCUT2D eigenvalue weighted by Gasteiger charge is 2.16. The Labute approximate surface area is 141 Å². The summed E-state index contributed by atoms with van der Waals surface area (Å²) in [5.41, 5.74) is 1.29. The van der Waals surface area contributed by atoms with Crippen molar-refractivity contribution in [2.24, 2.45) is 0 Å². The van der Waals surface area contributed by atoms with Crippen LogP contribution in [0.15, 0.2) is 57.5 Å². The SMILES string of the molecule is FC(F)C=CC(F)n1c2cc(Br)ccc2c2ccc(Br)cc21. The molecular formula is C16H10Br2F3N. The summed E-state index contributed by atoms with van der Waals surface area (Å²) >= 11 is 6.73. The van der Waals surface area contributed by atoms with Gasteiger partial charge in [-0.05, 0) is 36.4 Å². The normalized spacial score (nSPS) is 13.7. The van der Waals surface area contributed by atoms with Crippen molar-refractivity contribution in [2.45, 2.75) is 12.7 Å². The van der Waals surface area contributed by atoms with Gasteiger partial charge in [0.1, 0.15) is 0 Å². The lowest BCUT2D eigenvalue weighted by atomic mass is 10.2. The zero-order valence-corrected chi connectivity index (χ0v) is 14.3. The third-order valence-corrected chi connectivity index (χ3v) is 4.38. The molecule has 0 radical (unpaired) electrons. The quantitative estimate of drug-likeness (QED) is 0.410. The summed E-state index contributed by atoms with van der Waals surface area (Å²) in [5.74, 6) is 0. The Bertz CT molecular complexity index is 811. The largest absolute Gasteiger partial charge is 0.306 e. The monoisotopic (exact) mass is 431 g/mol. The van der Waals surface area contributed by atoms with E-state index < -0.39 is 12.7 Å².